The van der Waals surface area contributed by atoms with Gasteiger partial charge in [-0.05, 0) is 30.3 Å². The number of hydrogen-bond donors (Lipinski definition) is 4. The highest BCUT2D eigenvalue weighted by atomic mass is 32.2. The Kier molecular flexibility index (Phi) is 5.68. The third-order valence-electron chi connectivity index (χ3n) is 3.98. The number of halogens is 3. The summed E-state index contributed by atoms with van der Waals surface area (Å²) in [4.78, 5) is 24.2. The van der Waals surface area contributed by atoms with Gasteiger partial charge in [-0.2, -0.15) is 18.3 Å². The van der Waals surface area contributed by atoms with Crippen LogP contribution in [0.2, 0.25) is 0 Å². The first kappa shape index (κ1) is 22.5. The molecule has 1 spiro atoms. The number of thioether (sulfide) groups is 1. The Hall–Kier alpha value is -3.17. The SMILES string of the molecule is NS(=O)(=O)c1ccc2c(c1)C1(NN=C(c3cccnc3)S1)C(=O)N2.O=C(O)C(F)(F)F. The number of carbonyl (C=O) groups is 2. The van der Waals surface area contributed by atoms with Gasteiger partial charge >= 0.3 is 12.1 Å². The number of nitrogens with one attached hydrogen (secondary N) is 2. The summed E-state index contributed by atoms with van der Waals surface area (Å²) in [5.74, 6) is -3.08. The number of aromatic nitrogens is 1. The molecular formula is C16H12F3N5O5S2. The Morgan fingerprint density at radius 1 is 1.26 bits per heavy atom. The molecule has 0 saturated carbocycles. The number of nitrogens with zero attached hydrogens (tertiary/aromatic N) is 2. The van der Waals surface area contributed by atoms with E-state index in [-0.39, 0.29) is 10.8 Å². The second-order valence-corrected chi connectivity index (χ2v) is 8.83. The normalized spacial score (nSPS) is 19.6. The van der Waals surface area contributed by atoms with Crippen molar-refractivity contribution in [2.45, 2.75) is 15.9 Å². The van der Waals surface area contributed by atoms with Crippen molar-refractivity contribution in [2.75, 3.05) is 5.32 Å². The van der Waals surface area contributed by atoms with Crippen molar-refractivity contribution in [1.82, 2.24) is 10.4 Å². The summed E-state index contributed by atoms with van der Waals surface area (Å²) in [7, 11) is -3.88. The maximum Gasteiger partial charge on any atom is 0.490 e. The fourth-order valence-corrected chi connectivity index (χ4v) is 4.25. The van der Waals surface area contributed by atoms with Crippen LogP contribution in [-0.4, -0.2) is 41.6 Å². The minimum absolute atomic E-state index is 0.0608. The molecular weight excluding hydrogens is 463 g/mol. The van der Waals surface area contributed by atoms with Crippen LogP contribution < -0.4 is 15.9 Å². The molecule has 1 aromatic heterocycles. The number of amides is 1. The summed E-state index contributed by atoms with van der Waals surface area (Å²) in [6.07, 6.45) is -1.80. The van der Waals surface area contributed by atoms with E-state index in [1.54, 1.807) is 18.5 Å². The van der Waals surface area contributed by atoms with Crippen LogP contribution in [0.25, 0.3) is 0 Å². The van der Waals surface area contributed by atoms with Crippen LogP contribution in [0.15, 0.2) is 52.7 Å². The molecule has 15 heteroatoms. The van der Waals surface area contributed by atoms with Crippen LogP contribution in [0.1, 0.15) is 11.1 Å². The lowest BCUT2D eigenvalue weighted by Crippen LogP contribution is -2.39. The molecule has 1 amide bonds. The van der Waals surface area contributed by atoms with E-state index in [0.29, 0.717) is 16.3 Å². The summed E-state index contributed by atoms with van der Waals surface area (Å²) in [5.41, 5.74) is 4.60. The first-order valence-corrected chi connectivity index (χ1v) is 10.4. The number of fused-ring (bicyclic) bond motifs is 2. The van der Waals surface area contributed by atoms with Crippen molar-refractivity contribution >= 4 is 44.4 Å². The molecule has 0 aliphatic carbocycles. The lowest BCUT2D eigenvalue weighted by molar-refractivity contribution is -0.192. The number of primary sulfonamides is 1. The van der Waals surface area contributed by atoms with Crippen LogP contribution in [0.5, 0.6) is 0 Å². The average Bonchev–Trinajstić information content (AvgIpc) is 3.25. The van der Waals surface area contributed by atoms with Gasteiger partial charge in [-0.1, -0.05) is 11.8 Å². The van der Waals surface area contributed by atoms with Gasteiger partial charge in [-0.25, -0.2) is 18.4 Å². The summed E-state index contributed by atoms with van der Waals surface area (Å²) in [6.45, 7) is 0. The molecule has 10 nitrogen and oxygen atoms in total. The number of aliphatic carboxylic acids is 1. The predicted molar refractivity (Wildman–Crippen MR) is 103 cm³/mol. The van der Waals surface area contributed by atoms with E-state index in [1.807, 2.05) is 6.07 Å². The van der Waals surface area contributed by atoms with E-state index < -0.39 is 27.0 Å². The van der Waals surface area contributed by atoms with E-state index in [2.05, 4.69) is 20.8 Å². The molecule has 3 heterocycles. The van der Waals surface area contributed by atoms with Gasteiger partial charge in [-0.15, -0.1) is 0 Å². The molecule has 2 aliphatic rings. The number of anilines is 1. The number of carboxylic acids is 1. The fraction of sp³-hybridized carbons (Fsp3) is 0.125. The van der Waals surface area contributed by atoms with Crippen molar-refractivity contribution in [3.8, 4) is 0 Å². The molecule has 0 radical (unpaired) electrons. The fourth-order valence-electron chi connectivity index (χ4n) is 2.58. The van der Waals surface area contributed by atoms with Crippen LogP contribution >= 0.6 is 11.8 Å². The first-order valence-electron chi connectivity index (χ1n) is 8.08. The second kappa shape index (κ2) is 7.82. The standard InChI is InChI=1S/C14H11N5O3S2.C2HF3O2/c15-24(21,22)9-3-4-11-10(6-9)14(13(20)17-11)19-18-12(23-14)8-2-1-5-16-7-8;3-2(4,5)1(6)7/h1-7,19H,(H,17,20)(H2,15,21,22);(H,6,7). The van der Waals surface area contributed by atoms with Gasteiger partial charge in [0.15, 0.2) is 0 Å². The molecule has 2 aliphatic heterocycles. The Morgan fingerprint density at radius 3 is 2.48 bits per heavy atom. The highest BCUT2D eigenvalue weighted by molar-refractivity contribution is 8.16. The van der Waals surface area contributed by atoms with Crippen LogP contribution in [0.3, 0.4) is 0 Å². The predicted octanol–water partition coefficient (Wildman–Crippen LogP) is 1.17. The zero-order valence-electron chi connectivity index (χ0n) is 15.0. The number of benzene rings is 1. The number of carbonyl (C=O) groups excluding carboxylic acids is 1. The maximum atomic E-state index is 12.5. The Balaban J connectivity index is 0.000000339. The molecule has 4 rings (SSSR count). The highest BCUT2D eigenvalue weighted by Gasteiger charge is 2.52. The summed E-state index contributed by atoms with van der Waals surface area (Å²) in [5, 5.41) is 19.9. The van der Waals surface area contributed by atoms with E-state index >= 15 is 0 Å². The summed E-state index contributed by atoms with van der Waals surface area (Å²) < 4.78 is 55.0. The first-order chi connectivity index (χ1) is 14.3. The number of carboxylic acid groups (broad SMARTS) is 1. The molecule has 0 saturated heterocycles. The number of rotatable bonds is 2. The topological polar surface area (TPSA) is 164 Å². The Bertz CT molecular complexity index is 1190. The van der Waals surface area contributed by atoms with E-state index in [0.717, 1.165) is 5.56 Å². The molecule has 0 fully saturated rings. The zero-order chi connectivity index (χ0) is 23.0. The molecule has 164 valence electrons. The maximum absolute atomic E-state index is 12.5. The van der Waals surface area contributed by atoms with Crippen LogP contribution in [0.4, 0.5) is 18.9 Å². The smallest absolute Gasteiger partial charge is 0.475 e. The van der Waals surface area contributed by atoms with E-state index in [9.17, 15) is 26.4 Å². The van der Waals surface area contributed by atoms with E-state index in [1.165, 1.54) is 30.0 Å². The van der Waals surface area contributed by atoms with Crippen LogP contribution in [-0.2, 0) is 24.5 Å². The van der Waals surface area contributed by atoms with Gasteiger partial charge in [-0.3, -0.25) is 15.2 Å². The van der Waals surface area contributed by atoms with Gasteiger partial charge in [0.1, 0.15) is 5.04 Å². The molecule has 31 heavy (non-hydrogen) atoms. The van der Waals surface area contributed by atoms with Crippen molar-refractivity contribution in [3.05, 3.63) is 53.9 Å². The van der Waals surface area contributed by atoms with Crippen LogP contribution in [0, 0.1) is 0 Å². The molecule has 1 unspecified atom stereocenters. The lowest BCUT2D eigenvalue weighted by atomic mass is 10.1. The number of alkyl halides is 3. The highest BCUT2D eigenvalue weighted by Crippen LogP contribution is 2.48. The molecule has 2 aromatic rings. The Morgan fingerprint density at radius 2 is 1.94 bits per heavy atom. The van der Waals surface area contributed by atoms with Crippen molar-refractivity contribution in [1.29, 1.82) is 0 Å². The molecule has 1 aromatic carbocycles. The van der Waals surface area contributed by atoms with Crippen molar-refractivity contribution in [3.63, 3.8) is 0 Å². The second-order valence-electron chi connectivity index (χ2n) is 6.06. The van der Waals surface area contributed by atoms with Gasteiger partial charge in [0.05, 0.1) is 4.90 Å². The largest absolute Gasteiger partial charge is 0.490 e. The molecule has 5 N–H and O–H groups in total. The number of hydrogen-bond acceptors (Lipinski definition) is 8. The van der Waals surface area contributed by atoms with E-state index in [4.69, 9.17) is 15.0 Å². The molecule has 1 atom stereocenters. The number of pyridine rings is 1. The van der Waals surface area contributed by atoms with Gasteiger partial charge in [0, 0.05) is 29.2 Å². The number of hydrazone groups is 1. The van der Waals surface area contributed by atoms with Gasteiger partial charge in [0.2, 0.25) is 14.9 Å². The lowest BCUT2D eigenvalue weighted by Gasteiger charge is -2.20. The monoisotopic (exact) mass is 475 g/mol. The third kappa shape index (κ3) is 4.47. The third-order valence-corrected chi connectivity index (χ3v) is 6.22. The minimum atomic E-state index is -5.08. The average molecular weight is 475 g/mol. The molecule has 0 bridgehead atoms. The number of nitrogens with two attached hydrogens (primary N) is 1. The van der Waals surface area contributed by atoms with Crippen molar-refractivity contribution < 1.29 is 36.3 Å². The summed E-state index contributed by atoms with van der Waals surface area (Å²) in [6, 6.07) is 7.87. The van der Waals surface area contributed by atoms with Crippen molar-refractivity contribution in [2.24, 2.45) is 10.2 Å². The van der Waals surface area contributed by atoms with Gasteiger partial charge in [0.25, 0.3) is 5.91 Å². The Labute approximate surface area is 176 Å². The zero-order valence-corrected chi connectivity index (χ0v) is 16.7. The quantitative estimate of drug-likeness (QED) is 0.503. The summed E-state index contributed by atoms with van der Waals surface area (Å²) >= 11 is 1.20. The van der Waals surface area contributed by atoms with Gasteiger partial charge < -0.3 is 10.4 Å². The minimum Gasteiger partial charge on any atom is -0.475 e. The number of sulfonamides is 1.